The van der Waals surface area contributed by atoms with Gasteiger partial charge in [0, 0.05) is 14.1 Å². The summed E-state index contributed by atoms with van der Waals surface area (Å²) < 4.78 is 8.56. The average Bonchev–Trinajstić information content (AvgIpc) is 3.23. The number of aromatic nitrogens is 5. The summed E-state index contributed by atoms with van der Waals surface area (Å²) in [6.45, 7) is 0.548. The van der Waals surface area contributed by atoms with Crippen molar-refractivity contribution in [1.29, 1.82) is 0 Å². The first kappa shape index (κ1) is 22.8. The van der Waals surface area contributed by atoms with E-state index in [0.29, 0.717) is 44.2 Å². The predicted molar refractivity (Wildman–Crippen MR) is 99.2 cm³/mol. The Hall–Kier alpha value is -2.53. The number of fused-ring (bicyclic) bond motifs is 1. The van der Waals surface area contributed by atoms with E-state index in [4.69, 9.17) is 4.74 Å². The fraction of sp³-hybridized carbons (Fsp3) is 0.353. The van der Waals surface area contributed by atoms with Crippen molar-refractivity contribution >= 4 is 11.7 Å². The fourth-order valence-electron chi connectivity index (χ4n) is 2.34. The van der Waals surface area contributed by atoms with Crippen molar-refractivity contribution in [2.75, 3.05) is 19.0 Å². The van der Waals surface area contributed by atoms with Gasteiger partial charge < -0.3 is 9.67 Å². The molecule has 29 heavy (non-hydrogen) atoms. The van der Waals surface area contributed by atoms with Crippen LogP contribution in [0.3, 0.4) is 0 Å². The van der Waals surface area contributed by atoms with Gasteiger partial charge in [-0.05, 0) is 5.88 Å². The van der Waals surface area contributed by atoms with Crippen LogP contribution in [-0.2, 0) is 45.0 Å². The number of ether oxygens (including phenoxy) is 1. The largest absolute Gasteiger partial charge is 0.858 e. The second-order valence-electron chi connectivity index (χ2n) is 5.97. The summed E-state index contributed by atoms with van der Waals surface area (Å²) in [5.41, 5.74) is 0.520. The van der Waals surface area contributed by atoms with Crippen LogP contribution in [0.4, 0.5) is 10.5 Å². The minimum absolute atomic E-state index is 0.142. The third-order valence-electron chi connectivity index (χ3n) is 4.04. The summed E-state index contributed by atoms with van der Waals surface area (Å²) in [6, 6.07) is 3.33. The molecule has 1 aromatic heterocycles. The number of hydrogen-bond acceptors (Lipinski definition) is 7. The molecular weight excluding hydrogens is 567 g/mol. The molecule has 3 heterocycles. The number of imidazole rings is 1. The Morgan fingerprint density at radius 1 is 1.34 bits per heavy atom. The Labute approximate surface area is 183 Å². The summed E-state index contributed by atoms with van der Waals surface area (Å²) in [5, 5.41) is 16.9. The van der Waals surface area contributed by atoms with Crippen LogP contribution >= 0.6 is 0 Å². The minimum Gasteiger partial charge on any atom is -0.858 e. The van der Waals surface area contributed by atoms with E-state index in [9.17, 15) is 14.7 Å². The van der Waals surface area contributed by atoms with Gasteiger partial charge in [-0.15, -0.1) is 0 Å². The smallest absolute Gasteiger partial charge is 0.328 e. The van der Waals surface area contributed by atoms with Crippen molar-refractivity contribution in [3.05, 3.63) is 41.3 Å². The second kappa shape index (κ2) is 10.9. The molecule has 0 bridgehead atoms. The van der Waals surface area contributed by atoms with E-state index < -0.39 is 11.6 Å². The molecule has 0 radical (unpaired) electrons. The molecule has 0 saturated carbocycles. The number of amides is 2. The maximum atomic E-state index is 11.5. The van der Waals surface area contributed by atoms with E-state index in [1.807, 2.05) is 0 Å². The molecule has 2 N–H and O–H groups in total. The molecule has 0 aromatic carbocycles. The monoisotopic (exact) mass is 589 g/mol. The zero-order valence-corrected chi connectivity index (χ0v) is 22.0. The number of methoxy groups -OCH3 is 1. The molecule has 150 valence electrons. The van der Waals surface area contributed by atoms with Crippen molar-refractivity contribution in [2.24, 2.45) is 14.1 Å². The average molecular weight is 588 g/mol. The number of urea groups is 1. The van der Waals surface area contributed by atoms with Crippen LogP contribution in [0.1, 0.15) is 0 Å². The third-order valence-corrected chi connectivity index (χ3v) is 6.55. The summed E-state index contributed by atoms with van der Waals surface area (Å²) >= 11 is 0.684. The first-order valence-corrected chi connectivity index (χ1v) is 12.6. The van der Waals surface area contributed by atoms with E-state index in [1.54, 1.807) is 38.7 Å². The topological polar surface area (TPSA) is 139 Å². The summed E-state index contributed by atoms with van der Waals surface area (Å²) in [6.07, 6.45) is 4.67. The van der Waals surface area contributed by atoms with Gasteiger partial charge in [-0.2, -0.15) is 0 Å². The molecule has 11 nitrogen and oxygen atoms in total. The first-order chi connectivity index (χ1) is 13.9. The molecule has 1 unspecified atom stereocenters. The number of nitrogens with one attached hydrogen (secondary N) is 2. The first-order valence-electron chi connectivity index (χ1n) is 8.69. The molecule has 12 heteroatoms. The van der Waals surface area contributed by atoms with Crippen molar-refractivity contribution in [2.45, 2.75) is 10.0 Å². The molecule has 0 fully saturated rings. The molecule has 0 saturated heterocycles. The molecule has 2 aliphatic heterocycles. The molecule has 0 aliphatic carbocycles. The van der Waals surface area contributed by atoms with E-state index >= 15 is 0 Å². The van der Waals surface area contributed by atoms with Crippen molar-refractivity contribution in [1.82, 2.24) is 29.4 Å². The van der Waals surface area contributed by atoms with Crippen molar-refractivity contribution in [3.8, 4) is 17.4 Å². The maximum Gasteiger partial charge on any atom is 0.328 e. The standard InChI is InChI=1S/C10H14N3O2.C7H8N4O2.Hg/c1-8(15-2)6-12-10(14)13-9-4-3-5-11-7-9;1-10-5-4(8-3-9-5)6(12)11(2)7(10)13;/h3-5,7-8H,1,6H2,2H3,(H2,12,13,14);3,12H,1-2H3;/q;;+1/p-1. The Morgan fingerprint density at radius 3 is 2.72 bits per heavy atom. The van der Waals surface area contributed by atoms with Gasteiger partial charge in [0.05, 0.1) is 0 Å². The van der Waals surface area contributed by atoms with Crippen LogP contribution in [0.25, 0.3) is 11.5 Å². The molecule has 2 amide bonds. The number of rotatable bonds is 5. The van der Waals surface area contributed by atoms with Gasteiger partial charge in [0.2, 0.25) is 0 Å². The van der Waals surface area contributed by atoms with Gasteiger partial charge in [-0.25, -0.2) is 14.8 Å². The summed E-state index contributed by atoms with van der Waals surface area (Å²) in [5.74, 6) is -0.0799. The van der Waals surface area contributed by atoms with Crippen LogP contribution in [0.5, 0.6) is 5.88 Å². The third kappa shape index (κ3) is 5.97. The van der Waals surface area contributed by atoms with Crippen molar-refractivity contribution in [3.63, 3.8) is 0 Å². The number of hydrogen-bond donors (Lipinski definition) is 2. The predicted octanol–water partition coefficient (Wildman–Crippen LogP) is -0.125. The SMILES string of the molecule is COC([CH2][Hg+])CNC(=O)Nc1cccnc1.Cn1c2ncnc-2c([O-])n(C)c1=O. The van der Waals surface area contributed by atoms with E-state index in [1.165, 1.54) is 17.9 Å². The van der Waals surface area contributed by atoms with Crippen molar-refractivity contribution < 1.29 is 40.8 Å². The van der Waals surface area contributed by atoms with E-state index in [-0.39, 0.29) is 17.8 Å². The number of carbonyl (C=O) groups excluding carboxylic acids is 1. The number of carbonyl (C=O) groups is 1. The number of nitrogens with zero attached hydrogens (tertiary/aromatic N) is 5. The maximum absolute atomic E-state index is 11.5. The molecule has 1 atom stereocenters. The quantitative estimate of drug-likeness (QED) is 0.397. The van der Waals surface area contributed by atoms with Crippen LogP contribution in [0, 0.1) is 0 Å². The molecule has 3 rings (SSSR count). The number of pyridine rings is 1. The van der Waals surface area contributed by atoms with Gasteiger partial charge in [0.25, 0.3) is 0 Å². The summed E-state index contributed by atoms with van der Waals surface area (Å²) in [4.78, 5) is 34.3. The van der Waals surface area contributed by atoms with Crippen LogP contribution in [0.2, 0.25) is 3.93 Å². The van der Waals surface area contributed by atoms with Gasteiger partial charge in [-0.3, -0.25) is 4.57 Å². The fourth-order valence-corrected chi connectivity index (χ4v) is 4.05. The Morgan fingerprint density at radius 2 is 2.10 bits per heavy atom. The Balaban J connectivity index is 0.000000211. The Kier molecular flexibility index (Phi) is 8.52. The van der Waals surface area contributed by atoms with E-state index in [2.05, 4.69) is 25.6 Å². The molecule has 0 spiro atoms. The normalized spacial score (nSPS) is 11.5. The summed E-state index contributed by atoms with van der Waals surface area (Å²) in [7, 11) is 4.63. The zero-order chi connectivity index (χ0) is 21.4. The molecule has 2 aliphatic rings. The Bertz CT molecular complexity index is 956. The van der Waals surface area contributed by atoms with E-state index in [0.717, 1.165) is 8.50 Å². The van der Waals surface area contributed by atoms with Crippen LogP contribution in [-0.4, -0.2) is 49.9 Å². The van der Waals surface area contributed by atoms with Crippen LogP contribution in [0.15, 0.2) is 35.6 Å². The number of anilines is 1. The van der Waals surface area contributed by atoms with Gasteiger partial charge >= 0.3 is 117 Å². The van der Waals surface area contributed by atoms with Gasteiger partial charge in [0.15, 0.2) is 5.82 Å². The second-order valence-corrected chi connectivity index (χ2v) is 8.22. The molecular formula is C17H21HgN7O4. The molecule has 1 aromatic rings. The van der Waals surface area contributed by atoms with Gasteiger partial charge in [-0.1, -0.05) is 0 Å². The van der Waals surface area contributed by atoms with Crippen LogP contribution < -0.4 is 21.4 Å². The minimum atomic E-state index is -0.407. The zero-order valence-electron chi connectivity index (χ0n) is 16.5. The van der Waals surface area contributed by atoms with Gasteiger partial charge in [0.1, 0.15) is 12.0 Å².